The first kappa shape index (κ1) is 17.0. The number of hydrogen-bond donors (Lipinski definition) is 0. The Morgan fingerprint density at radius 3 is 2.03 bits per heavy atom. The molecule has 0 aliphatic rings. The number of fused-ring (bicyclic) bond motifs is 7. The fourth-order valence-electron chi connectivity index (χ4n) is 4.91. The minimum absolute atomic E-state index is 1.27. The fourth-order valence-corrected chi connectivity index (χ4v) is 6.04. The van der Waals surface area contributed by atoms with Crippen LogP contribution >= 0.6 is 11.3 Å². The molecule has 0 saturated heterocycles. The molecule has 0 N–H and O–H groups in total. The average Bonchev–Trinajstić information content (AvgIpc) is 3.19. The molecule has 0 nitrogen and oxygen atoms in total. The van der Waals surface area contributed by atoms with Gasteiger partial charge in [-0.2, -0.15) is 0 Å². The second-order valence-electron chi connectivity index (χ2n) is 8.20. The smallest absolute Gasteiger partial charge is 0.0362 e. The third-order valence-electron chi connectivity index (χ3n) is 6.42. The molecule has 0 spiro atoms. The van der Waals surface area contributed by atoms with Crippen LogP contribution in [0.3, 0.4) is 0 Å². The lowest BCUT2D eigenvalue weighted by Crippen LogP contribution is -1.85. The van der Waals surface area contributed by atoms with Gasteiger partial charge in [-0.3, -0.25) is 0 Å². The predicted molar refractivity (Wildman–Crippen MR) is 137 cm³/mol. The molecular formula is C30H18S. The lowest BCUT2D eigenvalue weighted by atomic mass is 9.91. The summed E-state index contributed by atoms with van der Waals surface area (Å²) in [5.41, 5.74) is 2.57. The van der Waals surface area contributed by atoms with Crippen molar-refractivity contribution in [3.63, 3.8) is 0 Å². The van der Waals surface area contributed by atoms with Crippen LogP contribution in [0.25, 0.3) is 63.6 Å². The van der Waals surface area contributed by atoms with E-state index in [0.717, 1.165) is 0 Å². The third kappa shape index (κ3) is 2.54. The average molecular weight is 411 g/mol. The molecule has 0 saturated carbocycles. The monoisotopic (exact) mass is 410 g/mol. The quantitative estimate of drug-likeness (QED) is 0.237. The van der Waals surface area contributed by atoms with Gasteiger partial charge >= 0.3 is 0 Å². The van der Waals surface area contributed by atoms with Crippen molar-refractivity contribution in [2.75, 3.05) is 0 Å². The van der Waals surface area contributed by atoms with E-state index in [1.54, 1.807) is 0 Å². The summed E-state index contributed by atoms with van der Waals surface area (Å²) in [5, 5.41) is 10.5. The summed E-state index contributed by atoms with van der Waals surface area (Å²) in [6, 6.07) is 40.1. The van der Waals surface area contributed by atoms with E-state index in [1.165, 1.54) is 63.6 Å². The molecule has 0 bridgehead atoms. The second kappa shape index (κ2) is 6.41. The molecule has 0 aliphatic heterocycles. The SMILES string of the molecule is c1ccc2cc(-c3cc4ccccc4c4cc5sc6ccccc6c5cc34)ccc2c1. The topological polar surface area (TPSA) is 0 Å². The summed E-state index contributed by atoms with van der Waals surface area (Å²) >= 11 is 1.89. The van der Waals surface area contributed by atoms with Crippen LogP contribution in [-0.2, 0) is 0 Å². The highest BCUT2D eigenvalue weighted by molar-refractivity contribution is 7.25. The van der Waals surface area contributed by atoms with E-state index >= 15 is 0 Å². The molecule has 0 radical (unpaired) electrons. The van der Waals surface area contributed by atoms with Crippen molar-refractivity contribution in [2.45, 2.75) is 0 Å². The van der Waals surface area contributed by atoms with Gasteiger partial charge in [0.15, 0.2) is 0 Å². The Morgan fingerprint density at radius 1 is 0.387 bits per heavy atom. The highest BCUT2D eigenvalue weighted by Crippen LogP contribution is 2.42. The molecule has 144 valence electrons. The van der Waals surface area contributed by atoms with E-state index in [-0.39, 0.29) is 0 Å². The molecule has 0 unspecified atom stereocenters. The maximum Gasteiger partial charge on any atom is 0.0362 e. The van der Waals surface area contributed by atoms with Crippen molar-refractivity contribution in [1.82, 2.24) is 0 Å². The highest BCUT2D eigenvalue weighted by atomic mass is 32.1. The predicted octanol–water partition coefficient (Wildman–Crippen LogP) is 9.18. The van der Waals surface area contributed by atoms with Crippen molar-refractivity contribution in [3.05, 3.63) is 109 Å². The summed E-state index contributed by atoms with van der Waals surface area (Å²) < 4.78 is 2.71. The van der Waals surface area contributed by atoms with Gasteiger partial charge in [0, 0.05) is 20.2 Å². The van der Waals surface area contributed by atoms with Gasteiger partial charge in [0.25, 0.3) is 0 Å². The zero-order chi connectivity index (χ0) is 20.4. The Morgan fingerprint density at radius 2 is 1.13 bits per heavy atom. The molecule has 6 aromatic carbocycles. The van der Waals surface area contributed by atoms with Gasteiger partial charge in [-0.15, -0.1) is 11.3 Å². The maximum absolute atomic E-state index is 2.42. The molecule has 1 heteroatoms. The minimum atomic E-state index is 1.27. The van der Waals surface area contributed by atoms with Crippen LogP contribution in [-0.4, -0.2) is 0 Å². The Hall–Kier alpha value is -3.68. The van der Waals surface area contributed by atoms with Crippen molar-refractivity contribution in [1.29, 1.82) is 0 Å². The first-order valence-electron chi connectivity index (χ1n) is 10.6. The zero-order valence-electron chi connectivity index (χ0n) is 16.8. The van der Waals surface area contributed by atoms with Gasteiger partial charge in [0.1, 0.15) is 0 Å². The molecule has 0 fully saturated rings. The molecule has 7 aromatic rings. The molecule has 0 atom stereocenters. The summed E-state index contributed by atoms with van der Waals surface area (Å²) in [5.74, 6) is 0. The van der Waals surface area contributed by atoms with E-state index < -0.39 is 0 Å². The first-order chi connectivity index (χ1) is 15.3. The van der Waals surface area contributed by atoms with Crippen LogP contribution < -0.4 is 0 Å². The van der Waals surface area contributed by atoms with Gasteiger partial charge in [-0.1, -0.05) is 78.9 Å². The van der Waals surface area contributed by atoms with Crippen LogP contribution in [0.2, 0.25) is 0 Å². The number of rotatable bonds is 1. The van der Waals surface area contributed by atoms with Crippen molar-refractivity contribution in [3.8, 4) is 11.1 Å². The Bertz CT molecular complexity index is 1790. The number of thiophene rings is 1. The minimum Gasteiger partial charge on any atom is -0.135 e. The Kier molecular flexibility index (Phi) is 3.52. The largest absolute Gasteiger partial charge is 0.135 e. The molecule has 1 heterocycles. The Labute approximate surface area is 184 Å². The standard InChI is InChI=1S/C30H18S/c1-2-8-20-15-22(14-13-19(20)7-1)25-16-21-9-3-4-10-23(21)27-18-30-28(17-26(25)27)24-11-5-6-12-29(24)31-30/h1-18H. The molecule has 7 rings (SSSR count). The Balaban J connectivity index is 1.65. The summed E-state index contributed by atoms with van der Waals surface area (Å²) in [6.45, 7) is 0. The van der Waals surface area contributed by atoms with E-state index in [4.69, 9.17) is 0 Å². The van der Waals surface area contributed by atoms with Gasteiger partial charge in [0.2, 0.25) is 0 Å². The summed E-state index contributed by atoms with van der Waals surface area (Å²) in [7, 11) is 0. The molecular weight excluding hydrogens is 392 g/mol. The van der Waals surface area contributed by atoms with Crippen molar-refractivity contribution < 1.29 is 0 Å². The normalized spacial score (nSPS) is 11.9. The van der Waals surface area contributed by atoms with E-state index in [0.29, 0.717) is 0 Å². The van der Waals surface area contributed by atoms with Crippen molar-refractivity contribution in [2.24, 2.45) is 0 Å². The van der Waals surface area contributed by atoms with Gasteiger partial charge in [-0.25, -0.2) is 0 Å². The molecule has 1 aromatic heterocycles. The van der Waals surface area contributed by atoms with Crippen LogP contribution in [0.4, 0.5) is 0 Å². The number of hydrogen-bond acceptors (Lipinski definition) is 1. The maximum atomic E-state index is 2.42. The molecule has 31 heavy (non-hydrogen) atoms. The number of benzene rings is 6. The third-order valence-corrected chi connectivity index (χ3v) is 7.55. The fraction of sp³-hybridized carbons (Fsp3) is 0. The summed E-state index contributed by atoms with van der Waals surface area (Å²) in [6.07, 6.45) is 0. The zero-order valence-corrected chi connectivity index (χ0v) is 17.6. The van der Waals surface area contributed by atoms with Gasteiger partial charge < -0.3 is 0 Å². The van der Waals surface area contributed by atoms with Crippen LogP contribution in [0.1, 0.15) is 0 Å². The summed E-state index contributed by atoms with van der Waals surface area (Å²) in [4.78, 5) is 0. The lowest BCUT2D eigenvalue weighted by Gasteiger charge is -2.12. The molecule has 0 amide bonds. The van der Waals surface area contributed by atoms with Crippen molar-refractivity contribution >= 4 is 63.8 Å². The first-order valence-corrected chi connectivity index (χ1v) is 11.4. The molecule has 0 aliphatic carbocycles. The van der Waals surface area contributed by atoms with E-state index in [9.17, 15) is 0 Å². The van der Waals surface area contributed by atoms with E-state index in [2.05, 4.69) is 109 Å². The van der Waals surface area contributed by atoms with Crippen LogP contribution in [0.15, 0.2) is 109 Å². The van der Waals surface area contributed by atoms with Crippen LogP contribution in [0, 0.1) is 0 Å². The lowest BCUT2D eigenvalue weighted by molar-refractivity contribution is 1.71. The van der Waals surface area contributed by atoms with Gasteiger partial charge in [-0.05, 0) is 73.8 Å². The highest BCUT2D eigenvalue weighted by Gasteiger charge is 2.13. The van der Waals surface area contributed by atoms with Crippen LogP contribution in [0.5, 0.6) is 0 Å². The van der Waals surface area contributed by atoms with E-state index in [1.807, 2.05) is 11.3 Å². The second-order valence-corrected chi connectivity index (χ2v) is 9.28. The van der Waals surface area contributed by atoms with Gasteiger partial charge in [0.05, 0.1) is 0 Å².